The van der Waals surface area contributed by atoms with Crippen LogP contribution >= 0.6 is 0 Å². The molecule has 0 atom stereocenters. The van der Waals surface area contributed by atoms with Gasteiger partial charge in [0.25, 0.3) is 0 Å². The van der Waals surface area contributed by atoms with Crippen LogP contribution in [0.5, 0.6) is 0 Å². The molecule has 1 aromatic rings. The molecule has 0 saturated carbocycles. The van der Waals surface area contributed by atoms with Crippen molar-refractivity contribution < 1.29 is 4.79 Å². The number of hydrogen-bond acceptors (Lipinski definition) is 1. The normalized spacial score (nSPS) is 17.8. The first-order valence-electron chi connectivity index (χ1n) is 6.80. The molecule has 1 amide bonds. The largest absolute Gasteiger partial charge is 0.345 e. The van der Waals surface area contributed by atoms with E-state index in [4.69, 9.17) is 0 Å². The van der Waals surface area contributed by atoms with Gasteiger partial charge in [-0.3, -0.25) is 4.79 Å². The third kappa shape index (κ3) is 2.92. The van der Waals surface area contributed by atoms with E-state index < -0.39 is 0 Å². The van der Waals surface area contributed by atoms with Crippen LogP contribution < -0.4 is 0 Å². The lowest BCUT2D eigenvalue weighted by atomic mass is 9.84. The van der Waals surface area contributed by atoms with E-state index in [1.807, 2.05) is 4.90 Å². The number of benzene rings is 1. The summed E-state index contributed by atoms with van der Waals surface area (Å²) >= 11 is 0. The van der Waals surface area contributed by atoms with Crippen LogP contribution in [0, 0.1) is 0 Å². The Labute approximate surface area is 110 Å². The van der Waals surface area contributed by atoms with Crippen molar-refractivity contribution in [1.29, 1.82) is 0 Å². The Morgan fingerprint density at radius 1 is 1.11 bits per heavy atom. The summed E-state index contributed by atoms with van der Waals surface area (Å²) in [5.41, 5.74) is 3.03. The molecule has 2 rings (SSSR count). The molecule has 1 aliphatic heterocycles. The van der Waals surface area contributed by atoms with Crippen molar-refractivity contribution in [2.24, 2.45) is 0 Å². The Hall–Kier alpha value is -1.31. The highest BCUT2D eigenvalue weighted by molar-refractivity contribution is 5.47. The molecule has 0 aromatic heterocycles. The lowest BCUT2D eigenvalue weighted by Crippen LogP contribution is -2.31. The van der Waals surface area contributed by atoms with E-state index in [1.54, 1.807) is 0 Å². The molecule has 2 heteroatoms. The van der Waals surface area contributed by atoms with E-state index >= 15 is 0 Å². The van der Waals surface area contributed by atoms with Crippen molar-refractivity contribution in [2.75, 3.05) is 13.1 Å². The number of carbonyl (C=O) groups excluding carboxylic acids is 1. The Morgan fingerprint density at radius 2 is 1.67 bits per heavy atom. The summed E-state index contributed by atoms with van der Waals surface area (Å²) in [6.45, 7) is 8.52. The highest BCUT2D eigenvalue weighted by Gasteiger charge is 2.20. The van der Waals surface area contributed by atoms with Crippen LogP contribution in [0.1, 0.15) is 50.7 Å². The first kappa shape index (κ1) is 13.1. The zero-order valence-electron chi connectivity index (χ0n) is 11.6. The van der Waals surface area contributed by atoms with Gasteiger partial charge in [-0.1, -0.05) is 45.0 Å². The van der Waals surface area contributed by atoms with E-state index in [9.17, 15) is 4.79 Å². The Morgan fingerprint density at radius 3 is 2.11 bits per heavy atom. The fourth-order valence-corrected chi connectivity index (χ4v) is 2.59. The SMILES string of the molecule is CC(C)(C)c1ccc(C2CCN(C=O)CC2)cc1. The van der Waals surface area contributed by atoms with Crippen LogP contribution in [-0.2, 0) is 10.2 Å². The van der Waals surface area contributed by atoms with Gasteiger partial charge in [-0.2, -0.15) is 0 Å². The lowest BCUT2D eigenvalue weighted by molar-refractivity contribution is -0.119. The molecule has 0 bridgehead atoms. The van der Waals surface area contributed by atoms with Gasteiger partial charge in [-0.15, -0.1) is 0 Å². The van der Waals surface area contributed by atoms with Gasteiger partial charge in [0.05, 0.1) is 0 Å². The van der Waals surface area contributed by atoms with Crippen molar-refractivity contribution in [2.45, 2.75) is 44.9 Å². The van der Waals surface area contributed by atoms with Gasteiger partial charge in [-0.05, 0) is 35.3 Å². The van der Waals surface area contributed by atoms with Crippen LogP contribution in [-0.4, -0.2) is 24.4 Å². The molecule has 0 radical (unpaired) electrons. The van der Waals surface area contributed by atoms with Crippen molar-refractivity contribution in [1.82, 2.24) is 4.90 Å². The zero-order chi connectivity index (χ0) is 13.2. The van der Waals surface area contributed by atoms with Gasteiger partial charge in [0.1, 0.15) is 0 Å². The third-order valence-electron chi connectivity index (χ3n) is 3.93. The number of rotatable bonds is 2. The number of amides is 1. The van der Waals surface area contributed by atoms with E-state index in [-0.39, 0.29) is 5.41 Å². The molecule has 0 unspecified atom stereocenters. The predicted octanol–water partition coefficient (Wildman–Crippen LogP) is 3.32. The summed E-state index contributed by atoms with van der Waals surface area (Å²) in [5, 5.41) is 0. The van der Waals surface area contributed by atoms with Gasteiger partial charge in [0.15, 0.2) is 0 Å². The molecule has 1 fully saturated rings. The average molecular weight is 245 g/mol. The van der Waals surface area contributed by atoms with Gasteiger partial charge in [0, 0.05) is 13.1 Å². The summed E-state index contributed by atoms with van der Waals surface area (Å²) in [6, 6.07) is 9.03. The predicted molar refractivity (Wildman–Crippen MR) is 74.8 cm³/mol. The summed E-state index contributed by atoms with van der Waals surface area (Å²) in [7, 11) is 0. The standard InChI is InChI=1S/C16H23NO/c1-16(2,3)15-6-4-13(5-7-15)14-8-10-17(12-18)11-9-14/h4-7,12,14H,8-11H2,1-3H3. The molecule has 0 aliphatic carbocycles. The van der Waals surface area contributed by atoms with E-state index in [2.05, 4.69) is 45.0 Å². The highest BCUT2D eigenvalue weighted by atomic mass is 16.1. The van der Waals surface area contributed by atoms with Crippen LogP contribution in [0.2, 0.25) is 0 Å². The Bertz CT molecular complexity index is 394. The average Bonchev–Trinajstić information content (AvgIpc) is 2.38. The Balaban J connectivity index is 2.05. The van der Waals surface area contributed by atoms with E-state index in [0.717, 1.165) is 32.3 Å². The first-order chi connectivity index (χ1) is 8.50. The van der Waals surface area contributed by atoms with E-state index in [0.29, 0.717) is 5.92 Å². The minimum atomic E-state index is 0.222. The zero-order valence-corrected chi connectivity index (χ0v) is 11.6. The topological polar surface area (TPSA) is 20.3 Å². The summed E-state index contributed by atoms with van der Waals surface area (Å²) < 4.78 is 0. The fraction of sp³-hybridized carbons (Fsp3) is 0.562. The van der Waals surface area contributed by atoms with Crippen LogP contribution in [0.3, 0.4) is 0 Å². The quantitative estimate of drug-likeness (QED) is 0.732. The van der Waals surface area contributed by atoms with Gasteiger partial charge in [-0.25, -0.2) is 0 Å². The van der Waals surface area contributed by atoms with Crippen molar-refractivity contribution in [3.8, 4) is 0 Å². The third-order valence-corrected chi connectivity index (χ3v) is 3.93. The number of likely N-dealkylation sites (tertiary alicyclic amines) is 1. The van der Waals surface area contributed by atoms with Crippen molar-refractivity contribution in [3.05, 3.63) is 35.4 Å². The van der Waals surface area contributed by atoms with Crippen LogP contribution in [0.15, 0.2) is 24.3 Å². The molecular formula is C16H23NO. The Kier molecular flexibility index (Phi) is 3.74. The monoisotopic (exact) mass is 245 g/mol. The second-order valence-corrected chi connectivity index (χ2v) is 6.29. The van der Waals surface area contributed by atoms with E-state index in [1.165, 1.54) is 11.1 Å². The molecular weight excluding hydrogens is 222 g/mol. The van der Waals surface area contributed by atoms with Crippen LogP contribution in [0.25, 0.3) is 0 Å². The maximum Gasteiger partial charge on any atom is 0.209 e. The molecule has 1 aromatic carbocycles. The molecule has 1 heterocycles. The molecule has 0 N–H and O–H groups in total. The molecule has 0 spiro atoms. The van der Waals surface area contributed by atoms with Crippen LogP contribution in [0.4, 0.5) is 0 Å². The first-order valence-corrected chi connectivity index (χ1v) is 6.80. The minimum Gasteiger partial charge on any atom is -0.345 e. The summed E-state index contributed by atoms with van der Waals surface area (Å²) in [5.74, 6) is 0.621. The fourth-order valence-electron chi connectivity index (χ4n) is 2.59. The second-order valence-electron chi connectivity index (χ2n) is 6.29. The number of nitrogens with zero attached hydrogens (tertiary/aromatic N) is 1. The maximum atomic E-state index is 10.7. The molecule has 2 nitrogen and oxygen atoms in total. The van der Waals surface area contributed by atoms with Crippen molar-refractivity contribution >= 4 is 6.41 Å². The maximum absolute atomic E-state index is 10.7. The molecule has 1 aliphatic rings. The van der Waals surface area contributed by atoms with Crippen molar-refractivity contribution in [3.63, 3.8) is 0 Å². The van der Waals surface area contributed by atoms with Gasteiger partial charge >= 0.3 is 0 Å². The number of hydrogen-bond donors (Lipinski definition) is 0. The summed E-state index contributed by atoms with van der Waals surface area (Å²) in [6.07, 6.45) is 3.15. The molecule has 98 valence electrons. The second kappa shape index (κ2) is 5.13. The number of carbonyl (C=O) groups is 1. The smallest absolute Gasteiger partial charge is 0.209 e. The van der Waals surface area contributed by atoms with Gasteiger partial charge < -0.3 is 4.90 Å². The van der Waals surface area contributed by atoms with Gasteiger partial charge in [0.2, 0.25) is 6.41 Å². The molecule has 1 saturated heterocycles. The lowest BCUT2D eigenvalue weighted by Gasteiger charge is -2.29. The summed E-state index contributed by atoms with van der Waals surface area (Å²) in [4.78, 5) is 12.6. The number of piperidine rings is 1. The minimum absolute atomic E-state index is 0.222. The highest BCUT2D eigenvalue weighted by Crippen LogP contribution is 2.29. The molecule has 18 heavy (non-hydrogen) atoms.